The van der Waals surface area contributed by atoms with Crippen LogP contribution < -0.4 is 0 Å². The molecule has 3 fully saturated rings. The highest BCUT2D eigenvalue weighted by Gasteiger charge is 2.63. The van der Waals surface area contributed by atoms with E-state index >= 15 is 0 Å². The van der Waals surface area contributed by atoms with Crippen molar-refractivity contribution in [2.75, 3.05) is 6.61 Å². The van der Waals surface area contributed by atoms with E-state index < -0.39 is 11.7 Å². The molecular weight excluding hydrogens is 304 g/mol. The molecule has 134 valence electrons. The van der Waals surface area contributed by atoms with Crippen LogP contribution in [0.1, 0.15) is 52.9 Å². The zero-order valence-corrected chi connectivity index (χ0v) is 15.0. The number of allylic oxidation sites excluding steroid dienone is 1. The summed E-state index contributed by atoms with van der Waals surface area (Å²) in [5.41, 5.74) is -0.348. The van der Waals surface area contributed by atoms with Gasteiger partial charge in [0.15, 0.2) is 0 Å². The zero-order chi connectivity index (χ0) is 17.3. The van der Waals surface area contributed by atoms with Crippen molar-refractivity contribution in [2.45, 2.75) is 64.6 Å². The molecular formula is C20H30O4. The van der Waals surface area contributed by atoms with Crippen LogP contribution in [0, 0.1) is 35.0 Å². The second kappa shape index (κ2) is 5.31. The summed E-state index contributed by atoms with van der Waals surface area (Å²) in [6.07, 6.45) is 6.45. The van der Waals surface area contributed by atoms with Gasteiger partial charge in [-0.2, -0.15) is 0 Å². The molecule has 7 atom stereocenters. The van der Waals surface area contributed by atoms with E-state index in [9.17, 15) is 15.0 Å². The lowest BCUT2D eigenvalue weighted by Crippen LogP contribution is -2.49. The highest BCUT2D eigenvalue weighted by molar-refractivity contribution is 5.90. The third-order valence-electron chi connectivity index (χ3n) is 7.89. The highest BCUT2D eigenvalue weighted by atomic mass is 16.6. The molecule has 1 saturated heterocycles. The lowest BCUT2D eigenvalue weighted by Gasteiger charge is -2.42. The van der Waals surface area contributed by atoms with Crippen molar-refractivity contribution in [1.29, 1.82) is 0 Å². The van der Waals surface area contributed by atoms with Crippen LogP contribution >= 0.6 is 0 Å². The fourth-order valence-corrected chi connectivity index (χ4v) is 6.47. The quantitative estimate of drug-likeness (QED) is 0.762. The van der Waals surface area contributed by atoms with Gasteiger partial charge in [0.1, 0.15) is 11.7 Å². The van der Waals surface area contributed by atoms with Gasteiger partial charge in [0, 0.05) is 17.4 Å². The number of esters is 1. The smallest absolute Gasteiger partial charge is 0.334 e. The predicted octanol–water partition coefficient (Wildman–Crippen LogP) is 2.68. The molecule has 2 saturated carbocycles. The van der Waals surface area contributed by atoms with E-state index in [2.05, 4.69) is 26.8 Å². The Balaban J connectivity index is 1.78. The minimum atomic E-state index is -1.28. The average molecular weight is 334 g/mol. The van der Waals surface area contributed by atoms with Gasteiger partial charge >= 0.3 is 5.97 Å². The molecule has 4 heteroatoms. The Morgan fingerprint density at radius 1 is 1.38 bits per heavy atom. The van der Waals surface area contributed by atoms with Gasteiger partial charge in [-0.15, -0.1) is 0 Å². The molecule has 0 aromatic heterocycles. The van der Waals surface area contributed by atoms with E-state index in [1.165, 1.54) is 12.8 Å². The van der Waals surface area contributed by atoms with Crippen LogP contribution in [0.5, 0.6) is 0 Å². The Morgan fingerprint density at radius 2 is 2.12 bits per heavy atom. The summed E-state index contributed by atoms with van der Waals surface area (Å²) < 4.78 is 5.52. The molecule has 2 N–H and O–H groups in total. The molecule has 0 radical (unpaired) electrons. The third kappa shape index (κ3) is 2.08. The average Bonchev–Trinajstić information content (AvgIpc) is 2.94. The number of ether oxygens (including phenoxy) is 1. The van der Waals surface area contributed by atoms with Gasteiger partial charge in [0.2, 0.25) is 0 Å². The van der Waals surface area contributed by atoms with Crippen molar-refractivity contribution in [1.82, 2.24) is 0 Å². The van der Waals surface area contributed by atoms with E-state index in [0.29, 0.717) is 24.2 Å². The molecule has 1 unspecified atom stereocenters. The first kappa shape index (κ1) is 16.6. The van der Waals surface area contributed by atoms with Crippen molar-refractivity contribution in [3.8, 4) is 0 Å². The molecule has 0 amide bonds. The summed E-state index contributed by atoms with van der Waals surface area (Å²) in [6.45, 7) is 6.63. The van der Waals surface area contributed by atoms with Gasteiger partial charge < -0.3 is 14.9 Å². The van der Waals surface area contributed by atoms with Crippen molar-refractivity contribution < 1.29 is 19.7 Å². The third-order valence-corrected chi connectivity index (χ3v) is 7.89. The lowest BCUT2D eigenvalue weighted by atomic mass is 9.63. The molecule has 4 aliphatic rings. The molecule has 1 heterocycles. The first-order valence-electron chi connectivity index (χ1n) is 9.54. The Bertz CT molecular complexity index is 582. The van der Waals surface area contributed by atoms with Crippen molar-refractivity contribution in [3.63, 3.8) is 0 Å². The maximum Gasteiger partial charge on any atom is 0.334 e. The van der Waals surface area contributed by atoms with Gasteiger partial charge in [0.05, 0.1) is 6.61 Å². The minimum Gasteiger partial charge on any atom is -0.456 e. The molecule has 24 heavy (non-hydrogen) atoms. The van der Waals surface area contributed by atoms with E-state index in [1.807, 2.05) is 0 Å². The highest BCUT2D eigenvalue weighted by Crippen LogP contribution is 2.61. The monoisotopic (exact) mass is 334 g/mol. The first-order valence-corrected chi connectivity index (χ1v) is 9.54. The molecule has 0 aromatic rings. The zero-order valence-electron chi connectivity index (χ0n) is 15.0. The topological polar surface area (TPSA) is 66.8 Å². The van der Waals surface area contributed by atoms with Gasteiger partial charge in [-0.05, 0) is 55.3 Å². The number of aliphatic hydroxyl groups is 2. The summed E-state index contributed by atoms with van der Waals surface area (Å²) >= 11 is 0. The van der Waals surface area contributed by atoms with Crippen LogP contribution in [-0.4, -0.2) is 34.5 Å². The van der Waals surface area contributed by atoms with E-state index in [4.69, 9.17) is 4.74 Å². The van der Waals surface area contributed by atoms with Crippen LogP contribution in [0.25, 0.3) is 0 Å². The van der Waals surface area contributed by atoms with E-state index in [-0.39, 0.29) is 29.8 Å². The molecule has 3 aliphatic carbocycles. The molecule has 2 bridgehead atoms. The van der Waals surface area contributed by atoms with Crippen molar-refractivity contribution in [2.24, 2.45) is 35.0 Å². The predicted molar refractivity (Wildman–Crippen MR) is 90.0 cm³/mol. The lowest BCUT2D eigenvalue weighted by molar-refractivity contribution is -0.166. The van der Waals surface area contributed by atoms with E-state index in [0.717, 1.165) is 18.4 Å². The SMILES string of the molecule is CC(C)C1CC[C@]2(C)C[C@H]3[C@@H]4C[C@@H](OC(=O)/C4=C/C[C@@H]12)[C@]3(O)CO. The summed E-state index contributed by atoms with van der Waals surface area (Å²) in [7, 11) is 0. The maximum atomic E-state index is 12.4. The number of hydrogen-bond donors (Lipinski definition) is 2. The van der Waals surface area contributed by atoms with Gasteiger partial charge in [-0.3, -0.25) is 0 Å². The largest absolute Gasteiger partial charge is 0.456 e. The number of hydrogen-bond acceptors (Lipinski definition) is 4. The second-order valence-corrected chi connectivity index (χ2v) is 9.30. The van der Waals surface area contributed by atoms with Crippen LogP contribution in [-0.2, 0) is 9.53 Å². The van der Waals surface area contributed by atoms with Crippen LogP contribution in [0.2, 0.25) is 0 Å². The van der Waals surface area contributed by atoms with Gasteiger partial charge in [-0.25, -0.2) is 4.79 Å². The fourth-order valence-electron chi connectivity index (χ4n) is 6.47. The first-order chi connectivity index (χ1) is 11.3. The van der Waals surface area contributed by atoms with Crippen LogP contribution in [0.3, 0.4) is 0 Å². The second-order valence-electron chi connectivity index (χ2n) is 9.30. The summed E-state index contributed by atoms with van der Waals surface area (Å²) in [4.78, 5) is 12.4. The molecule has 0 aromatic carbocycles. The Labute approximate surface area is 144 Å². The van der Waals surface area contributed by atoms with Gasteiger partial charge in [0.25, 0.3) is 0 Å². The summed E-state index contributed by atoms with van der Waals surface area (Å²) in [6, 6.07) is 0. The number of rotatable bonds is 2. The Hall–Kier alpha value is -0.870. The van der Waals surface area contributed by atoms with Gasteiger partial charge in [-0.1, -0.05) is 26.8 Å². The van der Waals surface area contributed by atoms with Crippen LogP contribution in [0.15, 0.2) is 11.6 Å². The maximum absolute atomic E-state index is 12.4. The van der Waals surface area contributed by atoms with Crippen molar-refractivity contribution >= 4 is 5.97 Å². The molecule has 1 aliphatic heterocycles. The number of aliphatic hydroxyl groups excluding tert-OH is 1. The molecule has 0 spiro atoms. The Morgan fingerprint density at radius 3 is 2.79 bits per heavy atom. The van der Waals surface area contributed by atoms with Crippen LogP contribution in [0.4, 0.5) is 0 Å². The Kier molecular flexibility index (Phi) is 3.67. The fraction of sp³-hybridized carbons (Fsp3) is 0.850. The van der Waals surface area contributed by atoms with E-state index in [1.54, 1.807) is 0 Å². The molecule has 4 nitrogen and oxygen atoms in total. The number of carbonyl (C=O) groups excluding carboxylic acids is 1. The standard InChI is InChI=1S/C20H30O4/c1-11(2)12-6-7-19(3)9-16-14-8-17(20(16,23)10-21)24-18(22)13(14)4-5-15(12)19/h4,11-12,14-17,21,23H,5-10H2,1-3H3/b13-4+/t12?,14-,15+,16+,17-,19-,20+/m1/s1. The number of carbonyl (C=O) groups is 1. The minimum absolute atomic E-state index is 0.0456. The molecule has 4 rings (SSSR count). The number of fused-ring (bicyclic) bond motifs is 2. The summed E-state index contributed by atoms with van der Waals surface area (Å²) in [5, 5.41) is 21.1. The normalized spacial score (nSPS) is 52.3. The summed E-state index contributed by atoms with van der Waals surface area (Å²) in [5.74, 6) is 1.54. The van der Waals surface area contributed by atoms with Crippen molar-refractivity contribution in [3.05, 3.63) is 11.6 Å².